The lowest BCUT2D eigenvalue weighted by atomic mass is 10.1. The van der Waals surface area contributed by atoms with Gasteiger partial charge in [-0.2, -0.15) is 5.10 Å². The number of hydrogen-bond acceptors (Lipinski definition) is 4. The molecule has 0 unspecified atom stereocenters. The minimum absolute atomic E-state index is 0.299. The van der Waals surface area contributed by atoms with Crippen molar-refractivity contribution in [2.45, 2.75) is 6.54 Å². The number of hydrazone groups is 1. The Labute approximate surface area is 200 Å². The van der Waals surface area contributed by atoms with Crippen LogP contribution in [0.4, 0.5) is 0 Å². The Morgan fingerprint density at radius 2 is 1.82 bits per heavy atom. The highest BCUT2D eigenvalue weighted by molar-refractivity contribution is 6.42. The molecule has 0 aliphatic rings. The minimum Gasteiger partial charge on any atom is -0.465 e. The zero-order valence-corrected chi connectivity index (χ0v) is 19.1. The number of fused-ring (bicyclic) bond motifs is 1. The molecule has 4 rings (SSSR count). The second-order valence-electron chi connectivity index (χ2n) is 7.25. The number of methoxy groups -OCH3 is 1. The van der Waals surface area contributed by atoms with E-state index in [-0.39, 0.29) is 5.97 Å². The third kappa shape index (κ3) is 5.08. The highest BCUT2D eigenvalue weighted by atomic mass is 35.5. The van der Waals surface area contributed by atoms with Crippen molar-refractivity contribution in [3.05, 3.63) is 105 Å². The van der Waals surface area contributed by atoms with E-state index in [1.807, 2.05) is 48.7 Å². The molecule has 0 aliphatic heterocycles. The molecule has 0 saturated carbocycles. The maximum atomic E-state index is 12.4. The highest BCUT2D eigenvalue weighted by Gasteiger charge is 2.11. The summed E-state index contributed by atoms with van der Waals surface area (Å²) < 4.78 is 6.88. The zero-order chi connectivity index (χ0) is 23.4. The summed E-state index contributed by atoms with van der Waals surface area (Å²) in [5.41, 5.74) is 6.16. The van der Waals surface area contributed by atoms with Gasteiger partial charge in [0, 0.05) is 34.8 Å². The summed E-state index contributed by atoms with van der Waals surface area (Å²) in [4.78, 5) is 24.2. The summed E-state index contributed by atoms with van der Waals surface area (Å²) in [5.74, 6) is -0.770. The van der Waals surface area contributed by atoms with Crippen molar-refractivity contribution in [3.63, 3.8) is 0 Å². The van der Waals surface area contributed by atoms with E-state index in [1.54, 1.807) is 24.4 Å². The van der Waals surface area contributed by atoms with Crippen LogP contribution < -0.4 is 5.43 Å². The third-order valence-electron chi connectivity index (χ3n) is 5.07. The molecule has 4 aromatic rings. The fraction of sp³-hybridized carbons (Fsp3) is 0.0800. The first-order valence-corrected chi connectivity index (χ1v) is 10.8. The molecule has 0 spiro atoms. The molecule has 0 radical (unpaired) electrons. The van der Waals surface area contributed by atoms with E-state index >= 15 is 0 Å². The smallest absolute Gasteiger partial charge is 0.337 e. The molecule has 33 heavy (non-hydrogen) atoms. The fourth-order valence-electron chi connectivity index (χ4n) is 3.48. The van der Waals surface area contributed by atoms with E-state index in [4.69, 9.17) is 27.9 Å². The monoisotopic (exact) mass is 479 g/mol. The Balaban J connectivity index is 1.56. The maximum Gasteiger partial charge on any atom is 0.337 e. The highest BCUT2D eigenvalue weighted by Crippen LogP contribution is 2.23. The Morgan fingerprint density at radius 1 is 1.00 bits per heavy atom. The summed E-state index contributed by atoms with van der Waals surface area (Å²) in [5, 5.41) is 5.77. The quantitative estimate of drug-likeness (QED) is 0.224. The maximum absolute atomic E-state index is 12.4. The normalized spacial score (nSPS) is 11.1. The van der Waals surface area contributed by atoms with Gasteiger partial charge in [0.05, 0.1) is 28.9 Å². The predicted octanol–water partition coefficient (Wildman–Crippen LogP) is 5.55. The van der Waals surface area contributed by atoms with Gasteiger partial charge in [-0.3, -0.25) is 4.79 Å². The van der Waals surface area contributed by atoms with Gasteiger partial charge in [0.1, 0.15) is 0 Å². The van der Waals surface area contributed by atoms with Gasteiger partial charge in [-0.25, -0.2) is 10.2 Å². The van der Waals surface area contributed by atoms with Gasteiger partial charge in [0.2, 0.25) is 0 Å². The van der Waals surface area contributed by atoms with Crippen molar-refractivity contribution in [2.75, 3.05) is 7.11 Å². The Kier molecular flexibility index (Phi) is 6.77. The summed E-state index contributed by atoms with van der Waals surface area (Å²) in [7, 11) is 1.36. The number of ether oxygens (including phenoxy) is 1. The number of rotatable bonds is 6. The molecule has 0 aliphatic carbocycles. The van der Waals surface area contributed by atoms with Crippen LogP contribution >= 0.6 is 23.2 Å². The lowest BCUT2D eigenvalue weighted by Crippen LogP contribution is -2.17. The molecule has 0 fully saturated rings. The van der Waals surface area contributed by atoms with Crippen molar-refractivity contribution >= 4 is 52.2 Å². The van der Waals surface area contributed by atoms with Crippen molar-refractivity contribution < 1.29 is 14.3 Å². The minimum atomic E-state index is -0.395. The average molecular weight is 480 g/mol. The first kappa shape index (κ1) is 22.6. The van der Waals surface area contributed by atoms with Gasteiger partial charge in [-0.1, -0.05) is 53.5 Å². The fourth-order valence-corrected chi connectivity index (χ4v) is 3.78. The van der Waals surface area contributed by atoms with Crippen LogP contribution in [-0.4, -0.2) is 29.8 Å². The first-order valence-electron chi connectivity index (χ1n) is 10.00. The Hall–Kier alpha value is -3.61. The molecule has 1 heterocycles. The van der Waals surface area contributed by atoms with Gasteiger partial charge < -0.3 is 9.30 Å². The number of carbonyl (C=O) groups excluding carboxylic acids is 2. The number of nitrogens with one attached hydrogen (secondary N) is 1. The molecule has 3 aromatic carbocycles. The third-order valence-corrected chi connectivity index (χ3v) is 5.81. The van der Waals surface area contributed by atoms with E-state index in [9.17, 15) is 9.59 Å². The Morgan fingerprint density at radius 3 is 2.61 bits per heavy atom. The molecule has 1 amide bonds. The van der Waals surface area contributed by atoms with Crippen LogP contribution in [0.5, 0.6) is 0 Å². The van der Waals surface area contributed by atoms with Crippen LogP contribution in [0.3, 0.4) is 0 Å². The van der Waals surface area contributed by atoms with Crippen LogP contribution in [0.15, 0.2) is 78.0 Å². The molecule has 8 heteroatoms. The SMILES string of the molecule is COC(=O)c1cccc(Cn2cc(/C=N\NC(=O)c3ccc(Cl)c(Cl)c3)c3ccccc32)c1. The molecule has 0 bridgehead atoms. The number of halogens is 2. The van der Waals surface area contributed by atoms with Crippen LogP contribution in [0.25, 0.3) is 10.9 Å². The molecule has 1 aromatic heterocycles. The van der Waals surface area contributed by atoms with Gasteiger partial charge in [-0.15, -0.1) is 0 Å². The second-order valence-corrected chi connectivity index (χ2v) is 8.06. The van der Waals surface area contributed by atoms with Gasteiger partial charge in [0.25, 0.3) is 5.91 Å². The number of aromatic nitrogens is 1. The van der Waals surface area contributed by atoms with E-state index in [0.29, 0.717) is 27.7 Å². The molecule has 166 valence electrons. The molecular formula is C25H19Cl2N3O3. The molecule has 1 N–H and O–H groups in total. The van der Waals surface area contributed by atoms with Crippen molar-refractivity contribution in [1.82, 2.24) is 9.99 Å². The molecule has 0 saturated heterocycles. The lowest BCUT2D eigenvalue weighted by molar-refractivity contribution is 0.0600. The second kappa shape index (κ2) is 9.90. The first-order chi connectivity index (χ1) is 16.0. The predicted molar refractivity (Wildman–Crippen MR) is 130 cm³/mol. The number of amides is 1. The lowest BCUT2D eigenvalue weighted by Gasteiger charge is -2.07. The zero-order valence-electron chi connectivity index (χ0n) is 17.6. The van der Waals surface area contributed by atoms with Crippen molar-refractivity contribution in [3.8, 4) is 0 Å². The van der Waals surface area contributed by atoms with E-state index in [1.165, 1.54) is 13.2 Å². The number of para-hydroxylation sites is 1. The molecular weight excluding hydrogens is 461 g/mol. The van der Waals surface area contributed by atoms with Crippen LogP contribution in [0.2, 0.25) is 10.0 Å². The van der Waals surface area contributed by atoms with E-state index in [0.717, 1.165) is 22.0 Å². The molecule has 0 atom stereocenters. The van der Waals surface area contributed by atoms with Gasteiger partial charge >= 0.3 is 5.97 Å². The Bertz CT molecular complexity index is 1380. The number of hydrogen-bond donors (Lipinski definition) is 1. The number of carbonyl (C=O) groups is 2. The van der Waals surface area contributed by atoms with Crippen LogP contribution in [0, 0.1) is 0 Å². The topological polar surface area (TPSA) is 72.7 Å². The van der Waals surface area contributed by atoms with Crippen molar-refractivity contribution in [2.24, 2.45) is 5.10 Å². The summed E-state index contributed by atoms with van der Waals surface area (Å²) in [6, 6.07) is 19.8. The number of esters is 1. The van der Waals surface area contributed by atoms with Gasteiger partial charge in [-0.05, 0) is 42.0 Å². The number of nitrogens with zero attached hydrogens (tertiary/aromatic N) is 2. The van der Waals surface area contributed by atoms with Crippen LogP contribution in [-0.2, 0) is 11.3 Å². The van der Waals surface area contributed by atoms with E-state index < -0.39 is 5.91 Å². The largest absolute Gasteiger partial charge is 0.465 e. The standard InChI is InChI=1S/C25H19Cl2N3O3/c1-33-25(32)18-6-4-5-16(11-18)14-30-15-19(20-7-2-3-8-23(20)30)13-28-29-24(31)17-9-10-21(26)22(27)12-17/h2-13,15H,14H2,1H3,(H,29,31)/b28-13-. The summed E-state index contributed by atoms with van der Waals surface area (Å²) in [6.45, 7) is 0.550. The van der Waals surface area contributed by atoms with Crippen molar-refractivity contribution in [1.29, 1.82) is 0 Å². The molecule has 6 nitrogen and oxygen atoms in total. The summed E-state index contributed by atoms with van der Waals surface area (Å²) >= 11 is 11.9. The average Bonchev–Trinajstić information content (AvgIpc) is 3.17. The van der Waals surface area contributed by atoms with E-state index in [2.05, 4.69) is 15.1 Å². The van der Waals surface area contributed by atoms with Gasteiger partial charge in [0.15, 0.2) is 0 Å². The number of benzene rings is 3. The summed E-state index contributed by atoms with van der Waals surface area (Å²) in [6.07, 6.45) is 3.55. The van der Waals surface area contributed by atoms with Crippen LogP contribution in [0.1, 0.15) is 31.8 Å².